The van der Waals surface area contributed by atoms with Gasteiger partial charge in [-0.05, 0) is 31.4 Å². The lowest BCUT2D eigenvalue weighted by Crippen LogP contribution is -2.32. The maximum atomic E-state index is 12.5. The lowest BCUT2D eigenvalue weighted by atomic mass is 10.0. The van der Waals surface area contributed by atoms with Crippen molar-refractivity contribution in [3.05, 3.63) is 18.2 Å². The van der Waals surface area contributed by atoms with Crippen molar-refractivity contribution in [2.75, 3.05) is 14.2 Å². The van der Waals surface area contributed by atoms with Crippen molar-refractivity contribution in [2.45, 2.75) is 51.0 Å². The third kappa shape index (κ3) is 5.50. The Bertz CT molecular complexity index is 570. The number of benzene rings is 1. The van der Waals surface area contributed by atoms with Gasteiger partial charge in [0.05, 0.1) is 14.2 Å². The van der Waals surface area contributed by atoms with Crippen LogP contribution < -0.4 is 14.2 Å². The summed E-state index contributed by atoms with van der Waals surface area (Å²) in [6, 6.07) is 4.61. The Balaban J connectivity index is 2.85. The van der Waals surface area contributed by atoms with E-state index in [0.717, 1.165) is 19.3 Å². The minimum atomic E-state index is -3.64. The van der Waals surface area contributed by atoms with Crippen molar-refractivity contribution >= 4 is 10.0 Å². The maximum absolute atomic E-state index is 12.5. The minimum Gasteiger partial charge on any atom is -0.497 e. The second-order valence-electron chi connectivity index (χ2n) is 5.86. The van der Waals surface area contributed by atoms with E-state index in [1.54, 1.807) is 12.1 Å². The van der Waals surface area contributed by atoms with Gasteiger partial charge in [-0.15, -0.1) is 0 Å². The zero-order chi connectivity index (χ0) is 16.8. The van der Waals surface area contributed by atoms with Crippen molar-refractivity contribution in [3.8, 4) is 11.5 Å². The fourth-order valence-electron chi connectivity index (χ4n) is 2.21. The molecular formula is C16H27NO4S. The number of rotatable bonds is 9. The van der Waals surface area contributed by atoms with E-state index in [1.807, 2.05) is 6.92 Å². The summed E-state index contributed by atoms with van der Waals surface area (Å²) in [4.78, 5) is 0.102. The molecule has 1 atom stereocenters. The van der Waals surface area contributed by atoms with E-state index >= 15 is 0 Å². The van der Waals surface area contributed by atoms with Crippen molar-refractivity contribution in [1.29, 1.82) is 0 Å². The molecule has 0 aliphatic rings. The van der Waals surface area contributed by atoms with Crippen LogP contribution in [0, 0.1) is 5.92 Å². The lowest BCUT2D eigenvalue weighted by molar-refractivity contribution is 0.391. The van der Waals surface area contributed by atoms with Gasteiger partial charge in [0.2, 0.25) is 10.0 Å². The van der Waals surface area contributed by atoms with Crippen LogP contribution in [0.2, 0.25) is 0 Å². The van der Waals surface area contributed by atoms with Crippen molar-refractivity contribution in [3.63, 3.8) is 0 Å². The zero-order valence-electron chi connectivity index (χ0n) is 14.0. The van der Waals surface area contributed by atoms with Gasteiger partial charge in [-0.1, -0.05) is 26.7 Å². The molecule has 0 bridgehead atoms. The summed E-state index contributed by atoms with van der Waals surface area (Å²) in [5.74, 6) is 1.42. The summed E-state index contributed by atoms with van der Waals surface area (Å²) in [6.45, 7) is 6.20. The molecule has 1 aromatic rings. The quantitative estimate of drug-likeness (QED) is 0.755. The smallest absolute Gasteiger partial charge is 0.244 e. The van der Waals surface area contributed by atoms with Gasteiger partial charge in [0.15, 0.2) is 0 Å². The molecule has 0 aliphatic heterocycles. The van der Waals surface area contributed by atoms with Gasteiger partial charge in [-0.25, -0.2) is 13.1 Å². The third-order valence-corrected chi connectivity index (χ3v) is 5.05. The molecule has 0 spiro atoms. The van der Waals surface area contributed by atoms with E-state index in [9.17, 15) is 8.42 Å². The van der Waals surface area contributed by atoms with Crippen LogP contribution in [0.3, 0.4) is 0 Å². The van der Waals surface area contributed by atoms with Crippen LogP contribution in [0.25, 0.3) is 0 Å². The van der Waals surface area contributed by atoms with Crippen molar-refractivity contribution in [2.24, 2.45) is 5.92 Å². The molecule has 0 fully saturated rings. The summed E-state index contributed by atoms with van der Waals surface area (Å²) in [5, 5.41) is 0. The second-order valence-corrected chi connectivity index (χ2v) is 7.55. The van der Waals surface area contributed by atoms with Crippen LogP contribution in [0.15, 0.2) is 23.1 Å². The molecule has 0 aromatic heterocycles. The van der Waals surface area contributed by atoms with Gasteiger partial charge in [0, 0.05) is 12.1 Å². The SMILES string of the molecule is COc1ccc(OC)c(S(=O)(=O)NC(C)CCCC(C)C)c1. The van der Waals surface area contributed by atoms with Gasteiger partial charge in [0.1, 0.15) is 16.4 Å². The Hall–Kier alpha value is -1.27. The molecule has 0 heterocycles. The summed E-state index contributed by atoms with van der Waals surface area (Å²) in [6.07, 6.45) is 2.90. The first-order valence-electron chi connectivity index (χ1n) is 7.54. The molecule has 5 nitrogen and oxygen atoms in total. The molecule has 0 radical (unpaired) electrons. The molecule has 6 heteroatoms. The standard InChI is InChI=1S/C16H27NO4S/c1-12(2)7-6-8-13(3)17-22(18,19)16-11-14(20-4)9-10-15(16)21-5/h9-13,17H,6-8H2,1-5H3. The van der Waals surface area contributed by atoms with Crippen LogP contribution in [-0.2, 0) is 10.0 Å². The molecule has 1 unspecified atom stereocenters. The van der Waals surface area contributed by atoms with Gasteiger partial charge < -0.3 is 9.47 Å². The highest BCUT2D eigenvalue weighted by molar-refractivity contribution is 7.89. The first-order valence-corrected chi connectivity index (χ1v) is 9.02. The van der Waals surface area contributed by atoms with Crippen LogP contribution in [-0.4, -0.2) is 28.7 Å². The van der Waals surface area contributed by atoms with Crippen molar-refractivity contribution < 1.29 is 17.9 Å². The Labute approximate surface area is 134 Å². The normalized spacial score (nSPS) is 13.2. The zero-order valence-corrected chi connectivity index (χ0v) is 14.9. The molecule has 0 saturated heterocycles. The molecule has 126 valence electrons. The highest BCUT2D eigenvalue weighted by atomic mass is 32.2. The number of nitrogens with one attached hydrogen (secondary N) is 1. The van der Waals surface area contributed by atoms with Gasteiger partial charge >= 0.3 is 0 Å². The predicted molar refractivity (Wildman–Crippen MR) is 88.0 cm³/mol. The highest BCUT2D eigenvalue weighted by Crippen LogP contribution is 2.28. The number of hydrogen-bond donors (Lipinski definition) is 1. The molecule has 1 aromatic carbocycles. The third-order valence-electron chi connectivity index (χ3n) is 3.44. The van der Waals surface area contributed by atoms with Gasteiger partial charge in [0.25, 0.3) is 0 Å². The monoisotopic (exact) mass is 329 g/mol. The summed E-state index contributed by atoms with van der Waals surface area (Å²) in [7, 11) is -0.689. The minimum absolute atomic E-state index is 0.102. The summed E-state index contributed by atoms with van der Waals surface area (Å²) < 4.78 is 38.0. The number of hydrogen-bond acceptors (Lipinski definition) is 4. The first kappa shape index (κ1) is 18.8. The Kier molecular flexibility index (Phi) is 7.16. The number of sulfonamides is 1. The molecule has 0 aliphatic carbocycles. The van der Waals surface area contributed by atoms with E-state index < -0.39 is 10.0 Å². The molecule has 22 heavy (non-hydrogen) atoms. The van der Waals surface area contributed by atoms with E-state index in [4.69, 9.17) is 9.47 Å². The molecule has 0 saturated carbocycles. The van der Waals surface area contributed by atoms with Crippen LogP contribution in [0.4, 0.5) is 0 Å². The van der Waals surface area contributed by atoms with E-state index in [1.165, 1.54) is 20.3 Å². The van der Waals surface area contributed by atoms with Gasteiger partial charge in [-0.3, -0.25) is 0 Å². The average Bonchev–Trinajstić information content (AvgIpc) is 2.45. The van der Waals surface area contributed by atoms with E-state index in [0.29, 0.717) is 17.4 Å². The fraction of sp³-hybridized carbons (Fsp3) is 0.625. The fourth-order valence-corrected chi connectivity index (χ4v) is 3.68. The highest BCUT2D eigenvalue weighted by Gasteiger charge is 2.22. The van der Waals surface area contributed by atoms with Crippen LogP contribution in [0.1, 0.15) is 40.0 Å². The Morgan fingerprint density at radius 3 is 2.32 bits per heavy atom. The van der Waals surface area contributed by atoms with Gasteiger partial charge in [-0.2, -0.15) is 0 Å². The topological polar surface area (TPSA) is 64.6 Å². The van der Waals surface area contributed by atoms with Crippen LogP contribution in [0.5, 0.6) is 11.5 Å². The average molecular weight is 329 g/mol. The second kappa shape index (κ2) is 8.39. The molecule has 0 amide bonds. The Morgan fingerprint density at radius 1 is 1.09 bits per heavy atom. The van der Waals surface area contributed by atoms with Crippen molar-refractivity contribution in [1.82, 2.24) is 4.72 Å². The first-order chi connectivity index (χ1) is 10.3. The van der Waals surface area contributed by atoms with Crippen LogP contribution >= 0.6 is 0 Å². The summed E-state index contributed by atoms with van der Waals surface area (Å²) >= 11 is 0. The maximum Gasteiger partial charge on any atom is 0.244 e. The molecule has 1 rings (SSSR count). The van der Waals surface area contributed by atoms with E-state index in [-0.39, 0.29) is 10.9 Å². The predicted octanol–water partition coefficient (Wildman–Crippen LogP) is 3.20. The summed E-state index contributed by atoms with van der Waals surface area (Å²) in [5.41, 5.74) is 0. The Morgan fingerprint density at radius 2 is 1.77 bits per heavy atom. The molecular weight excluding hydrogens is 302 g/mol. The lowest BCUT2D eigenvalue weighted by Gasteiger charge is -2.17. The molecule has 1 N–H and O–H groups in total. The number of methoxy groups -OCH3 is 2. The van der Waals surface area contributed by atoms with E-state index in [2.05, 4.69) is 18.6 Å². The number of ether oxygens (including phenoxy) is 2. The largest absolute Gasteiger partial charge is 0.497 e.